The fourth-order valence-corrected chi connectivity index (χ4v) is 2.07. The standard InChI is InChI=1S/C17H21NO5/c1-4-15(21)18-17(2,3)14(20)10-12(16(22)23)9-11-5-7-13(19)8-6-11/h4-8,12,19H,1,9-10H2,2-3H3,(H,18,21)(H,22,23). The second-order valence-electron chi connectivity index (χ2n) is 5.85. The summed E-state index contributed by atoms with van der Waals surface area (Å²) in [5.41, 5.74) is -0.468. The van der Waals surface area contributed by atoms with Crippen molar-refractivity contribution in [2.45, 2.75) is 32.2 Å². The van der Waals surface area contributed by atoms with Crippen molar-refractivity contribution in [3.8, 4) is 5.75 Å². The number of aromatic hydroxyl groups is 1. The maximum Gasteiger partial charge on any atom is 0.307 e. The number of Topliss-reactive ketones (excluding diaryl/α,β-unsaturated/α-hetero) is 1. The van der Waals surface area contributed by atoms with Gasteiger partial charge in [-0.05, 0) is 44.0 Å². The SMILES string of the molecule is C=CC(=O)NC(C)(C)C(=O)CC(Cc1ccc(O)cc1)C(=O)O. The smallest absolute Gasteiger partial charge is 0.307 e. The molecule has 1 aromatic carbocycles. The van der Waals surface area contributed by atoms with E-state index in [1.54, 1.807) is 12.1 Å². The molecule has 3 N–H and O–H groups in total. The van der Waals surface area contributed by atoms with Gasteiger partial charge in [-0.3, -0.25) is 14.4 Å². The van der Waals surface area contributed by atoms with Gasteiger partial charge in [0.15, 0.2) is 5.78 Å². The third-order valence-electron chi connectivity index (χ3n) is 3.52. The van der Waals surface area contributed by atoms with E-state index in [4.69, 9.17) is 0 Å². The monoisotopic (exact) mass is 319 g/mol. The number of carbonyl (C=O) groups is 3. The Bertz CT molecular complexity index is 604. The van der Waals surface area contributed by atoms with Crippen molar-refractivity contribution in [1.29, 1.82) is 0 Å². The number of carboxylic acids is 1. The predicted octanol–water partition coefficient (Wildman–Crippen LogP) is 1.68. The topological polar surface area (TPSA) is 104 Å². The van der Waals surface area contributed by atoms with E-state index >= 15 is 0 Å². The van der Waals surface area contributed by atoms with Crippen LogP contribution >= 0.6 is 0 Å². The molecule has 0 fully saturated rings. The number of hydrogen-bond acceptors (Lipinski definition) is 4. The molecule has 0 aliphatic rings. The normalized spacial score (nSPS) is 12.3. The lowest BCUT2D eigenvalue weighted by atomic mass is 9.87. The summed E-state index contributed by atoms with van der Waals surface area (Å²) in [6.07, 6.45) is 1.01. The van der Waals surface area contributed by atoms with E-state index in [2.05, 4.69) is 11.9 Å². The van der Waals surface area contributed by atoms with Gasteiger partial charge in [0.2, 0.25) is 5.91 Å². The fraction of sp³-hybridized carbons (Fsp3) is 0.353. The van der Waals surface area contributed by atoms with E-state index in [9.17, 15) is 24.6 Å². The van der Waals surface area contributed by atoms with Crippen LogP contribution in [0.1, 0.15) is 25.8 Å². The Morgan fingerprint density at radius 3 is 2.30 bits per heavy atom. The lowest BCUT2D eigenvalue weighted by Crippen LogP contribution is -2.50. The zero-order valence-electron chi connectivity index (χ0n) is 13.2. The summed E-state index contributed by atoms with van der Waals surface area (Å²) in [6.45, 7) is 6.37. The molecule has 0 bridgehead atoms. The Labute approximate surface area is 134 Å². The molecule has 1 rings (SSSR count). The van der Waals surface area contributed by atoms with Gasteiger partial charge >= 0.3 is 5.97 Å². The Morgan fingerprint density at radius 1 is 1.26 bits per heavy atom. The molecule has 0 aliphatic heterocycles. The summed E-state index contributed by atoms with van der Waals surface area (Å²) < 4.78 is 0. The summed E-state index contributed by atoms with van der Waals surface area (Å²) in [6, 6.07) is 6.15. The molecule has 1 atom stereocenters. The van der Waals surface area contributed by atoms with Gasteiger partial charge in [-0.15, -0.1) is 0 Å². The van der Waals surface area contributed by atoms with Crippen LogP contribution in [-0.2, 0) is 20.8 Å². The molecule has 0 radical (unpaired) electrons. The molecule has 0 aliphatic carbocycles. The Hall–Kier alpha value is -2.63. The number of phenols is 1. The summed E-state index contributed by atoms with van der Waals surface area (Å²) in [5, 5.41) is 21.1. The van der Waals surface area contributed by atoms with Crippen LogP contribution in [0.5, 0.6) is 5.75 Å². The molecule has 1 aromatic rings. The lowest BCUT2D eigenvalue weighted by molar-refractivity contribution is -0.144. The Kier molecular flexibility index (Phi) is 6.07. The molecular formula is C17H21NO5. The predicted molar refractivity (Wildman–Crippen MR) is 85.0 cm³/mol. The van der Waals surface area contributed by atoms with Crippen LogP contribution in [0, 0.1) is 5.92 Å². The first-order valence-electron chi connectivity index (χ1n) is 7.14. The number of carbonyl (C=O) groups excluding carboxylic acids is 2. The third kappa shape index (κ3) is 5.58. The van der Waals surface area contributed by atoms with E-state index in [1.807, 2.05) is 0 Å². The first-order valence-corrected chi connectivity index (χ1v) is 7.14. The first-order chi connectivity index (χ1) is 10.7. The molecule has 124 valence electrons. The van der Waals surface area contributed by atoms with Gasteiger partial charge in [-0.25, -0.2) is 0 Å². The van der Waals surface area contributed by atoms with E-state index in [0.717, 1.165) is 6.08 Å². The highest BCUT2D eigenvalue weighted by atomic mass is 16.4. The van der Waals surface area contributed by atoms with Gasteiger partial charge in [-0.2, -0.15) is 0 Å². The second kappa shape index (κ2) is 7.58. The average Bonchev–Trinajstić information content (AvgIpc) is 2.47. The van der Waals surface area contributed by atoms with Gasteiger partial charge in [0, 0.05) is 6.42 Å². The largest absolute Gasteiger partial charge is 0.508 e. The maximum atomic E-state index is 12.3. The summed E-state index contributed by atoms with van der Waals surface area (Å²) in [7, 11) is 0. The van der Waals surface area contributed by atoms with Gasteiger partial charge in [0.25, 0.3) is 0 Å². The van der Waals surface area contributed by atoms with Crippen LogP contribution in [0.15, 0.2) is 36.9 Å². The molecule has 6 nitrogen and oxygen atoms in total. The number of ketones is 1. The van der Waals surface area contributed by atoms with Crippen molar-refractivity contribution in [2.75, 3.05) is 0 Å². The summed E-state index contributed by atoms with van der Waals surface area (Å²) in [5.74, 6) is -2.78. The average molecular weight is 319 g/mol. The fourth-order valence-electron chi connectivity index (χ4n) is 2.07. The molecule has 0 saturated carbocycles. The van der Waals surface area contributed by atoms with E-state index in [0.29, 0.717) is 5.56 Å². The molecule has 23 heavy (non-hydrogen) atoms. The van der Waals surface area contributed by atoms with Gasteiger partial charge in [0.1, 0.15) is 5.75 Å². The van der Waals surface area contributed by atoms with Crippen molar-refractivity contribution >= 4 is 17.7 Å². The number of aliphatic carboxylic acids is 1. The van der Waals surface area contributed by atoms with Crippen LogP contribution in [-0.4, -0.2) is 33.4 Å². The number of nitrogens with one attached hydrogen (secondary N) is 1. The number of benzene rings is 1. The van der Waals surface area contributed by atoms with Gasteiger partial charge in [0.05, 0.1) is 11.5 Å². The minimum Gasteiger partial charge on any atom is -0.508 e. The zero-order chi connectivity index (χ0) is 17.6. The highest BCUT2D eigenvalue weighted by Gasteiger charge is 2.32. The first kappa shape index (κ1) is 18.4. The quantitative estimate of drug-likeness (QED) is 0.632. The zero-order valence-corrected chi connectivity index (χ0v) is 13.2. The van der Waals surface area contributed by atoms with Crippen LogP contribution in [0.2, 0.25) is 0 Å². The highest BCUT2D eigenvalue weighted by Crippen LogP contribution is 2.19. The molecule has 0 spiro atoms. The van der Waals surface area contributed by atoms with Crippen LogP contribution < -0.4 is 5.32 Å². The van der Waals surface area contributed by atoms with Crippen LogP contribution in [0.3, 0.4) is 0 Å². The number of rotatable bonds is 8. The second-order valence-corrected chi connectivity index (χ2v) is 5.85. The van der Waals surface area contributed by atoms with Crippen molar-refractivity contribution in [1.82, 2.24) is 5.32 Å². The molecule has 1 unspecified atom stereocenters. The summed E-state index contributed by atoms with van der Waals surface area (Å²) >= 11 is 0. The number of hydrogen-bond donors (Lipinski definition) is 3. The van der Waals surface area contributed by atoms with Crippen LogP contribution in [0.4, 0.5) is 0 Å². The number of phenolic OH excluding ortho intramolecular Hbond substituents is 1. The van der Waals surface area contributed by atoms with Crippen molar-refractivity contribution in [3.05, 3.63) is 42.5 Å². The number of amides is 1. The van der Waals surface area contributed by atoms with Crippen molar-refractivity contribution in [3.63, 3.8) is 0 Å². The van der Waals surface area contributed by atoms with Gasteiger partial charge < -0.3 is 15.5 Å². The molecule has 0 aromatic heterocycles. The Morgan fingerprint density at radius 2 is 1.83 bits per heavy atom. The third-order valence-corrected chi connectivity index (χ3v) is 3.52. The molecular weight excluding hydrogens is 298 g/mol. The van der Waals surface area contributed by atoms with Crippen molar-refractivity contribution in [2.24, 2.45) is 5.92 Å². The lowest BCUT2D eigenvalue weighted by Gasteiger charge is -2.25. The van der Waals surface area contributed by atoms with E-state index in [-0.39, 0.29) is 24.4 Å². The molecule has 1 amide bonds. The van der Waals surface area contributed by atoms with Crippen LogP contribution in [0.25, 0.3) is 0 Å². The number of carboxylic acid groups (broad SMARTS) is 1. The van der Waals surface area contributed by atoms with E-state index < -0.39 is 23.3 Å². The summed E-state index contributed by atoms with van der Waals surface area (Å²) in [4.78, 5) is 35.1. The highest BCUT2D eigenvalue weighted by molar-refractivity contribution is 5.96. The van der Waals surface area contributed by atoms with Gasteiger partial charge in [-0.1, -0.05) is 18.7 Å². The molecule has 0 heterocycles. The minimum absolute atomic E-state index is 0.0879. The van der Waals surface area contributed by atoms with Crippen molar-refractivity contribution < 1.29 is 24.6 Å². The Balaban J connectivity index is 2.80. The maximum absolute atomic E-state index is 12.3. The molecule has 6 heteroatoms. The molecule has 0 saturated heterocycles. The minimum atomic E-state index is -1.17. The van der Waals surface area contributed by atoms with E-state index in [1.165, 1.54) is 26.0 Å².